The Hall–Kier alpha value is -2.85. The molecular weight excluding hydrogens is 555 g/mol. The summed E-state index contributed by atoms with van der Waals surface area (Å²) in [6.07, 6.45) is 5.29. The second-order valence-corrected chi connectivity index (χ2v) is 13.9. The van der Waals surface area contributed by atoms with Crippen molar-refractivity contribution in [3.63, 3.8) is 0 Å². The summed E-state index contributed by atoms with van der Waals surface area (Å²) in [5, 5.41) is 24.6. The van der Waals surface area contributed by atoms with Gasteiger partial charge in [0.05, 0.1) is 18.1 Å². The molecule has 8 atom stereocenters. The van der Waals surface area contributed by atoms with Gasteiger partial charge in [-0.1, -0.05) is 63.7 Å². The highest BCUT2D eigenvalue weighted by molar-refractivity contribution is 7.99. The lowest BCUT2D eigenvalue weighted by Gasteiger charge is -2.61. The van der Waals surface area contributed by atoms with Crippen LogP contribution in [0.5, 0.6) is 0 Å². The summed E-state index contributed by atoms with van der Waals surface area (Å²) in [6, 6.07) is 6.30. The number of ether oxygens (including phenoxy) is 1. The van der Waals surface area contributed by atoms with Crippen molar-refractivity contribution in [1.82, 2.24) is 14.9 Å². The van der Waals surface area contributed by atoms with Crippen molar-refractivity contribution in [3.8, 4) is 0 Å². The fraction of sp³-hybridized carbons (Fsp3) is 0.594. The number of Topliss-reactive ketones (excluding diaryl/α,β-unsaturated/α-hetero) is 1. The van der Waals surface area contributed by atoms with E-state index in [9.17, 15) is 19.1 Å². The van der Waals surface area contributed by atoms with Gasteiger partial charge in [0.1, 0.15) is 17.7 Å². The number of nitrogens with zero attached hydrogens (tertiary/aromatic N) is 4. The molecule has 2 bridgehead atoms. The Bertz CT molecular complexity index is 1410. The van der Waals surface area contributed by atoms with Crippen molar-refractivity contribution >= 4 is 29.7 Å². The van der Waals surface area contributed by atoms with Crippen molar-refractivity contribution < 1.29 is 23.8 Å². The zero-order chi connectivity index (χ0) is 30.4. The number of hydrogen-bond donors (Lipinski definition) is 1. The molecule has 0 spiro atoms. The minimum Gasteiger partial charge on any atom is -0.461 e. The molecule has 42 heavy (non-hydrogen) atoms. The van der Waals surface area contributed by atoms with Crippen LogP contribution in [0, 0.1) is 46.7 Å². The predicted octanol–water partition coefficient (Wildman–Crippen LogP) is 5.61. The summed E-state index contributed by atoms with van der Waals surface area (Å²) in [6.45, 7) is 14.1. The summed E-state index contributed by atoms with van der Waals surface area (Å²) in [4.78, 5) is 27.1. The Balaban J connectivity index is 1.40. The first kappa shape index (κ1) is 30.6. The highest BCUT2D eigenvalue weighted by Gasteiger charge is 2.68. The van der Waals surface area contributed by atoms with Crippen LogP contribution >= 0.6 is 11.8 Å². The van der Waals surface area contributed by atoms with E-state index in [0.717, 1.165) is 31.0 Å². The Morgan fingerprint density at radius 2 is 2.02 bits per heavy atom. The highest BCUT2D eigenvalue weighted by atomic mass is 32.2. The molecule has 3 saturated carbocycles. The molecule has 0 radical (unpaired) electrons. The van der Waals surface area contributed by atoms with Crippen LogP contribution in [0.15, 0.2) is 47.2 Å². The molecule has 1 aromatic heterocycles. The van der Waals surface area contributed by atoms with E-state index in [1.807, 2.05) is 6.92 Å². The fourth-order valence-corrected chi connectivity index (χ4v) is 8.79. The number of aliphatic hydroxyl groups excluding tert-OH is 1. The SMILES string of the molecule is C=C[C@]1(C)C[C@@H](OC(=O)CSc2nnc(C)n2/N=C/c2ccccc2F)[C@]2(C)[C@H](C)CC[C@]3(CCC(=O)[C@H]32)[C@@H](C)[C@@H]1O. The number of aliphatic hydroxyl groups is 1. The molecular formula is C32H41FN4O4S. The molecule has 2 aromatic rings. The summed E-state index contributed by atoms with van der Waals surface area (Å²) in [7, 11) is 0. The number of esters is 1. The van der Waals surface area contributed by atoms with Crippen molar-refractivity contribution in [2.45, 2.75) is 84.1 Å². The van der Waals surface area contributed by atoms with Gasteiger partial charge < -0.3 is 9.84 Å². The van der Waals surface area contributed by atoms with Crippen molar-refractivity contribution in [1.29, 1.82) is 0 Å². The van der Waals surface area contributed by atoms with Gasteiger partial charge in [-0.3, -0.25) is 9.59 Å². The Kier molecular flexibility index (Phi) is 8.26. The Morgan fingerprint density at radius 3 is 2.74 bits per heavy atom. The standard InChI is InChI=1S/C32H41FN4O4S/c1-7-30(5)16-25(31(6)19(2)12-14-32(20(3)28(30)40)15-13-24(38)27(31)32)41-26(39)18-42-29-36-35-21(4)37(29)34-17-22-10-8-9-11-23(22)33/h7-11,17,19-20,25,27-28,40H,1,12-16,18H2,2-6H3/b34-17+/t19-,20+,25-,27+,28+,30-,31+,32+/m1/s1. The zero-order valence-electron chi connectivity index (χ0n) is 25.0. The van der Waals surface area contributed by atoms with Crippen LogP contribution < -0.4 is 0 Å². The number of hydrogen-bond acceptors (Lipinski definition) is 8. The zero-order valence-corrected chi connectivity index (χ0v) is 25.9. The lowest BCUT2D eigenvalue weighted by atomic mass is 9.44. The number of carbonyl (C=O) groups is 2. The third-order valence-corrected chi connectivity index (χ3v) is 11.8. The number of benzene rings is 1. The largest absolute Gasteiger partial charge is 0.461 e. The van der Waals surface area contributed by atoms with E-state index in [0.29, 0.717) is 29.4 Å². The molecule has 1 aromatic carbocycles. The molecule has 0 saturated heterocycles. The third-order valence-electron chi connectivity index (χ3n) is 10.9. The number of rotatable bonds is 7. The summed E-state index contributed by atoms with van der Waals surface area (Å²) in [5.41, 5.74) is -1.28. The van der Waals surface area contributed by atoms with E-state index in [1.54, 1.807) is 31.2 Å². The number of ketones is 1. The van der Waals surface area contributed by atoms with Crippen LogP contribution in [0.1, 0.15) is 71.2 Å². The van der Waals surface area contributed by atoms with E-state index >= 15 is 0 Å². The monoisotopic (exact) mass is 596 g/mol. The first-order valence-corrected chi connectivity index (χ1v) is 15.7. The molecule has 5 rings (SSSR count). The molecule has 3 aliphatic carbocycles. The van der Waals surface area contributed by atoms with Gasteiger partial charge in [-0.15, -0.1) is 16.8 Å². The Morgan fingerprint density at radius 1 is 1.29 bits per heavy atom. The normalized spacial score (nSPS) is 36.4. The van der Waals surface area contributed by atoms with E-state index in [2.05, 4.69) is 42.6 Å². The first-order valence-electron chi connectivity index (χ1n) is 14.7. The van der Waals surface area contributed by atoms with Gasteiger partial charge in [-0.2, -0.15) is 9.78 Å². The van der Waals surface area contributed by atoms with Crippen LogP contribution in [0.3, 0.4) is 0 Å². The van der Waals surface area contributed by atoms with Crippen molar-refractivity contribution in [2.24, 2.45) is 39.1 Å². The van der Waals surface area contributed by atoms with Crippen LogP contribution in [0.4, 0.5) is 4.39 Å². The minimum atomic E-state index is -0.717. The van der Waals surface area contributed by atoms with Gasteiger partial charge in [0.2, 0.25) is 5.16 Å². The van der Waals surface area contributed by atoms with Gasteiger partial charge in [-0.25, -0.2) is 4.39 Å². The van der Waals surface area contributed by atoms with E-state index in [-0.39, 0.29) is 34.7 Å². The molecule has 0 aliphatic heterocycles. The van der Waals surface area contributed by atoms with Crippen LogP contribution in [-0.2, 0) is 14.3 Å². The van der Waals surface area contributed by atoms with Crippen LogP contribution in [-0.4, -0.2) is 55.9 Å². The molecule has 3 aliphatic rings. The maximum Gasteiger partial charge on any atom is 0.316 e. The molecule has 226 valence electrons. The minimum absolute atomic E-state index is 0.0537. The number of halogens is 1. The average Bonchev–Trinajstić information content (AvgIpc) is 3.51. The van der Waals surface area contributed by atoms with E-state index in [4.69, 9.17) is 4.74 Å². The van der Waals surface area contributed by atoms with E-state index in [1.165, 1.54) is 17.0 Å². The van der Waals surface area contributed by atoms with Crippen molar-refractivity contribution in [2.75, 3.05) is 5.75 Å². The molecule has 1 N–H and O–H groups in total. The average molecular weight is 597 g/mol. The molecule has 8 nitrogen and oxygen atoms in total. The van der Waals surface area contributed by atoms with Crippen molar-refractivity contribution in [3.05, 3.63) is 54.1 Å². The number of thioether (sulfide) groups is 1. The number of aryl methyl sites for hydroxylation is 1. The summed E-state index contributed by atoms with van der Waals surface area (Å²) in [5.74, 6) is -0.405. The molecule has 1 heterocycles. The molecule has 10 heteroatoms. The van der Waals surface area contributed by atoms with Gasteiger partial charge in [0.15, 0.2) is 5.82 Å². The second-order valence-electron chi connectivity index (χ2n) is 13.0. The molecule has 3 fully saturated rings. The highest BCUT2D eigenvalue weighted by Crippen LogP contribution is 2.68. The quantitative estimate of drug-likeness (QED) is 0.192. The topological polar surface area (TPSA) is 107 Å². The van der Waals surface area contributed by atoms with Crippen LogP contribution in [0.25, 0.3) is 0 Å². The first-order chi connectivity index (χ1) is 19.9. The second kappa shape index (κ2) is 11.3. The maximum atomic E-state index is 14.1. The number of carbonyl (C=O) groups excluding carboxylic acids is 2. The Labute approximate surface area is 251 Å². The number of aromatic nitrogens is 3. The lowest BCUT2D eigenvalue weighted by molar-refractivity contribution is -0.205. The lowest BCUT2D eigenvalue weighted by Crippen LogP contribution is -2.63. The van der Waals surface area contributed by atoms with Gasteiger partial charge in [0.25, 0.3) is 0 Å². The summed E-state index contributed by atoms with van der Waals surface area (Å²) >= 11 is 1.13. The maximum absolute atomic E-state index is 14.1. The molecule has 0 unspecified atom stereocenters. The summed E-state index contributed by atoms with van der Waals surface area (Å²) < 4.78 is 21.9. The molecule has 0 amide bonds. The van der Waals surface area contributed by atoms with Gasteiger partial charge in [0, 0.05) is 28.7 Å². The van der Waals surface area contributed by atoms with Gasteiger partial charge in [-0.05, 0) is 55.9 Å². The van der Waals surface area contributed by atoms with E-state index < -0.39 is 34.8 Å². The predicted molar refractivity (Wildman–Crippen MR) is 160 cm³/mol. The smallest absolute Gasteiger partial charge is 0.316 e. The third kappa shape index (κ3) is 4.94. The van der Waals surface area contributed by atoms with Crippen LogP contribution in [0.2, 0.25) is 0 Å². The fourth-order valence-electron chi connectivity index (χ4n) is 8.08. The van der Waals surface area contributed by atoms with Gasteiger partial charge >= 0.3 is 5.97 Å².